The maximum absolute atomic E-state index is 6.08. The summed E-state index contributed by atoms with van der Waals surface area (Å²) in [7, 11) is 2.20. The molecule has 1 saturated heterocycles. The van der Waals surface area contributed by atoms with E-state index in [1.54, 1.807) is 0 Å². The summed E-state index contributed by atoms with van der Waals surface area (Å²) in [5.74, 6) is 0. The number of rotatable bonds is 3. The molecule has 4 heteroatoms. The summed E-state index contributed by atoms with van der Waals surface area (Å²) < 4.78 is 0. The highest BCUT2D eigenvalue weighted by Crippen LogP contribution is 2.26. The van der Waals surface area contributed by atoms with Crippen LogP contribution >= 0.6 is 23.2 Å². The number of halogens is 2. The zero-order chi connectivity index (χ0) is 13.8. The first-order valence-corrected chi connectivity index (χ1v) is 7.71. The van der Waals surface area contributed by atoms with Crippen LogP contribution in [0.15, 0.2) is 18.2 Å². The number of hydrogen-bond donors (Lipinski definition) is 1. The Bertz CT molecular complexity index is 423. The molecule has 1 aliphatic rings. The maximum Gasteiger partial charge on any atom is 0.0595 e. The molecule has 1 aromatic rings. The largest absolute Gasteiger partial charge is 0.307 e. The molecule has 106 valence electrons. The van der Waals surface area contributed by atoms with Crippen LogP contribution in [0, 0.1) is 0 Å². The van der Waals surface area contributed by atoms with E-state index in [9.17, 15) is 0 Å². The number of likely N-dealkylation sites (tertiary alicyclic amines) is 1. The zero-order valence-corrected chi connectivity index (χ0v) is 13.1. The van der Waals surface area contributed by atoms with Crippen LogP contribution in [0.25, 0.3) is 0 Å². The second-order valence-corrected chi connectivity index (χ2v) is 6.31. The van der Waals surface area contributed by atoms with E-state index < -0.39 is 0 Å². The van der Waals surface area contributed by atoms with E-state index in [1.165, 1.54) is 37.9 Å². The summed E-state index contributed by atoms with van der Waals surface area (Å²) in [5, 5.41) is 4.97. The molecule has 0 saturated carbocycles. The molecule has 1 aliphatic heterocycles. The first-order valence-electron chi connectivity index (χ1n) is 6.96. The first kappa shape index (κ1) is 15.1. The average molecular weight is 301 g/mol. The number of hydrogen-bond acceptors (Lipinski definition) is 2. The van der Waals surface area contributed by atoms with E-state index in [0.717, 1.165) is 0 Å². The summed E-state index contributed by atoms with van der Waals surface area (Å²) in [4.78, 5) is 2.41. The van der Waals surface area contributed by atoms with Gasteiger partial charge in [0.15, 0.2) is 0 Å². The van der Waals surface area contributed by atoms with Gasteiger partial charge in [-0.2, -0.15) is 0 Å². The van der Waals surface area contributed by atoms with Crippen molar-refractivity contribution in [3.63, 3.8) is 0 Å². The SMILES string of the molecule is CC(NC1CCCN(C)CC1)c1ccc(Cl)c(Cl)c1. The minimum absolute atomic E-state index is 0.308. The zero-order valence-electron chi connectivity index (χ0n) is 11.6. The minimum atomic E-state index is 0.308. The van der Waals surface area contributed by atoms with Crippen molar-refractivity contribution >= 4 is 23.2 Å². The highest BCUT2D eigenvalue weighted by molar-refractivity contribution is 6.42. The van der Waals surface area contributed by atoms with Crippen molar-refractivity contribution in [1.82, 2.24) is 10.2 Å². The van der Waals surface area contributed by atoms with Crippen molar-refractivity contribution in [2.24, 2.45) is 0 Å². The summed E-state index contributed by atoms with van der Waals surface area (Å²) >= 11 is 12.0. The van der Waals surface area contributed by atoms with Gasteiger partial charge in [-0.1, -0.05) is 29.3 Å². The van der Waals surface area contributed by atoms with Crippen molar-refractivity contribution in [2.45, 2.75) is 38.3 Å². The fourth-order valence-corrected chi connectivity index (χ4v) is 2.94. The second-order valence-electron chi connectivity index (χ2n) is 5.49. The number of nitrogens with zero attached hydrogens (tertiary/aromatic N) is 1. The Morgan fingerprint density at radius 1 is 1.21 bits per heavy atom. The third-order valence-corrected chi connectivity index (χ3v) is 4.62. The predicted molar refractivity (Wildman–Crippen MR) is 83.1 cm³/mol. The molecule has 1 N–H and O–H groups in total. The van der Waals surface area contributed by atoms with Crippen molar-refractivity contribution in [3.8, 4) is 0 Å². The molecule has 2 unspecified atom stereocenters. The first-order chi connectivity index (χ1) is 9.06. The lowest BCUT2D eigenvalue weighted by atomic mass is 10.0. The van der Waals surface area contributed by atoms with Crippen LogP contribution < -0.4 is 5.32 Å². The van der Waals surface area contributed by atoms with Gasteiger partial charge in [-0.3, -0.25) is 0 Å². The van der Waals surface area contributed by atoms with E-state index >= 15 is 0 Å². The molecule has 0 aromatic heterocycles. The van der Waals surface area contributed by atoms with Crippen molar-refractivity contribution in [1.29, 1.82) is 0 Å². The van der Waals surface area contributed by atoms with E-state index in [-0.39, 0.29) is 0 Å². The fraction of sp³-hybridized carbons (Fsp3) is 0.600. The fourth-order valence-electron chi connectivity index (χ4n) is 2.64. The number of nitrogens with one attached hydrogen (secondary N) is 1. The van der Waals surface area contributed by atoms with Crippen LogP contribution in [-0.4, -0.2) is 31.1 Å². The van der Waals surface area contributed by atoms with E-state index in [0.29, 0.717) is 22.1 Å². The van der Waals surface area contributed by atoms with Gasteiger partial charge in [0.1, 0.15) is 0 Å². The standard InChI is InChI=1S/C15H22Cl2N2/c1-11(12-5-6-14(16)15(17)10-12)18-13-4-3-8-19(2)9-7-13/h5-6,10-11,13,18H,3-4,7-9H2,1-2H3. The highest BCUT2D eigenvalue weighted by Gasteiger charge is 2.17. The maximum atomic E-state index is 6.08. The molecule has 0 amide bonds. The van der Waals surface area contributed by atoms with Gasteiger partial charge in [-0.15, -0.1) is 0 Å². The molecule has 1 aromatic carbocycles. The Balaban J connectivity index is 1.96. The highest BCUT2D eigenvalue weighted by atomic mass is 35.5. The molecule has 2 nitrogen and oxygen atoms in total. The van der Waals surface area contributed by atoms with Gasteiger partial charge < -0.3 is 10.2 Å². The van der Waals surface area contributed by atoms with E-state index in [2.05, 4.69) is 30.3 Å². The van der Waals surface area contributed by atoms with Gasteiger partial charge >= 0.3 is 0 Å². The quantitative estimate of drug-likeness (QED) is 0.903. The molecule has 0 bridgehead atoms. The minimum Gasteiger partial charge on any atom is -0.307 e. The normalized spacial score (nSPS) is 23.1. The Morgan fingerprint density at radius 3 is 2.74 bits per heavy atom. The van der Waals surface area contributed by atoms with Gasteiger partial charge in [0.25, 0.3) is 0 Å². The topological polar surface area (TPSA) is 15.3 Å². The van der Waals surface area contributed by atoms with Crippen LogP contribution in [-0.2, 0) is 0 Å². The summed E-state index contributed by atoms with van der Waals surface area (Å²) in [6.07, 6.45) is 3.72. The predicted octanol–water partition coefficient (Wildman–Crippen LogP) is 4.13. The molecule has 0 spiro atoms. The lowest BCUT2D eigenvalue weighted by Crippen LogP contribution is -2.32. The Hall–Kier alpha value is -0.280. The molecule has 19 heavy (non-hydrogen) atoms. The van der Waals surface area contributed by atoms with Crippen LogP contribution in [0.4, 0.5) is 0 Å². The average Bonchev–Trinajstić information content (AvgIpc) is 2.58. The van der Waals surface area contributed by atoms with Gasteiger partial charge in [0, 0.05) is 12.1 Å². The summed E-state index contributed by atoms with van der Waals surface area (Å²) in [6.45, 7) is 4.57. The molecule has 1 fully saturated rings. The van der Waals surface area contributed by atoms with E-state index in [4.69, 9.17) is 23.2 Å². The van der Waals surface area contributed by atoms with Crippen LogP contribution in [0.2, 0.25) is 10.0 Å². The molecule has 0 aliphatic carbocycles. The molecule has 0 radical (unpaired) electrons. The second kappa shape index (κ2) is 6.94. The van der Waals surface area contributed by atoms with Crippen LogP contribution in [0.5, 0.6) is 0 Å². The Labute approximate surface area is 126 Å². The molecular formula is C15H22Cl2N2. The van der Waals surface area contributed by atoms with Gasteiger partial charge in [0.05, 0.1) is 10.0 Å². The lowest BCUT2D eigenvalue weighted by Gasteiger charge is -2.22. The smallest absolute Gasteiger partial charge is 0.0595 e. The van der Waals surface area contributed by atoms with Crippen LogP contribution in [0.1, 0.15) is 37.8 Å². The lowest BCUT2D eigenvalue weighted by molar-refractivity contribution is 0.340. The molecular weight excluding hydrogens is 279 g/mol. The molecule has 2 atom stereocenters. The van der Waals surface area contributed by atoms with Crippen molar-refractivity contribution in [3.05, 3.63) is 33.8 Å². The number of benzene rings is 1. The monoisotopic (exact) mass is 300 g/mol. The van der Waals surface area contributed by atoms with Crippen molar-refractivity contribution in [2.75, 3.05) is 20.1 Å². The summed E-state index contributed by atoms with van der Waals surface area (Å²) in [6, 6.07) is 6.79. The van der Waals surface area contributed by atoms with Crippen LogP contribution in [0.3, 0.4) is 0 Å². The molecule has 2 rings (SSSR count). The summed E-state index contributed by atoms with van der Waals surface area (Å²) in [5.41, 5.74) is 1.20. The van der Waals surface area contributed by atoms with Gasteiger partial charge in [0.2, 0.25) is 0 Å². The third-order valence-electron chi connectivity index (χ3n) is 3.88. The molecule has 1 heterocycles. The van der Waals surface area contributed by atoms with E-state index in [1.807, 2.05) is 12.1 Å². The van der Waals surface area contributed by atoms with Gasteiger partial charge in [-0.05, 0) is 64.0 Å². The van der Waals surface area contributed by atoms with Crippen molar-refractivity contribution < 1.29 is 0 Å². The Morgan fingerprint density at radius 2 is 2.00 bits per heavy atom. The van der Waals surface area contributed by atoms with Gasteiger partial charge in [-0.25, -0.2) is 0 Å². The third kappa shape index (κ3) is 4.35. The Kier molecular flexibility index (Phi) is 5.52.